The lowest BCUT2D eigenvalue weighted by molar-refractivity contribution is 0.150. The Morgan fingerprint density at radius 3 is 2.75 bits per heavy atom. The Morgan fingerprint density at radius 2 is 2.00 bits per heavy atom. The molecule has 3 rings (SSSR count). The van der Waals surface area contributed by atoms with Gasteiger partial charge in [0, 0.05) is 21.9 Å². The SMILES string of the molecule is CC1=CC(Br)=CN2C1=CCC21CCCCC1. The van der Waals surface area contributed by atoms with Crippen LogP contribution in [0, 0.1) is 0 Å². The molecule has 0 unspecified atom stereocenters. The first-order valence-corrected chi connectivity index (χ1v) is 7.06. The van der Waals surface area contributed by atoms with E-state index in [0.717, 1.165) is 0 Å². The van der Waals surface area contributed by atoms with Crippen molar-refractivity contribution in [3.8, 4) is 0 Å². The predicted octanol–water partition coefficient (Wildman–Crippen LogP) is 4.48. The Kier molecular flexibility index (Phi) is 2.50. The average Bonchev–Trinajstić information content (AvgIpc) is 2.59. The van der Waals surface area contributed by atoms with Gasteiger partial charge in [-0.15, -0.1) is 0 Å². The number of nitrogens with zero attached hydrogens (tertiary/aromatic N) is 1. The third kappa shape index (κ3) is 1.50. The summed E-state index contributed by atoms with van der Waals surface area (Å²) in [6.07, 6.45) is 15.1. The maximum atomic E-state index is 3.63. The third-order valence-corrected chi connectivity index (χ3v) is 4.67. The second kappa shape index (κ2) is 3.76. The van der Waals surface area contributed by atoms with Crippen LogP contribution >= 0.6 is 15.9 Å². The second-order valence-corrected chi connectivity index (χ2v) is 6.21. The fraction of sp³-hybridized carbons (Fsp3) is 0.571. The maximum absolute atomic E-state index is 3.63. The molecule has 0 bridgehead atoms. The summed E-state index contributed by atoms with van der Waals surface area (Å²) in [7, 11) is 0. The van der Waals surface area contributed by atoms with E-state index in [1.165, 1.54) is 54.3 Å². The highest BCUT2D eigenvalue weighted by atomic mass is 79.9. The van der Waals surface area contributed by atoms with E-state index in [2.05, 4.69) is 46.1 Å². The molecular weight excluding hydrogens is 262 g/mol. The van der Waals surface area contributed by atoms with Crippen molar-refractivity contribution in [2.75, 3.05) is 0 Å². The van der Waals surface area contributed by atoms with Crippen molar-refractivity contribution in [2.24, 2.45) is 0 Å². The van der Waals surface area contributed by atoms with Crippen LogP contribution in [0.5, 0.6) is 0 Å². The lowest BCUT2D eigenvalue weighted by Gasteiger charge is -2.44. The Bertz CT molecular complexity index is 397. The number of halogens is 1. The van der Waals surface area contributed by atoms with Crippen LogP contribution in [0.25, 0.3) is 0 Å². The monoisotopic (exact) mass is 279 g/mol. The van der Waals surface area contributed by atoms with Gasteiger partial charge in [-0.05, 0) is 53.8 Å². The van der Waals surface area contributed by atoms with Crippen LogP contribution in [0.2, 0.25) is 0 Å². The first kappa shape index (κ1) is 10.6. The van der Waals surface area contributed by atoms with Gasteiger partial charge in [0.25, 0.3) is 0 Å². The van der Waals surface area contributed by atoms with Gasteiger partial charge in [0.05, 0.1) is 0 Å². The van der Waals surface area contributed by atoms with Crippen molar-refractivity contribution in [3.05, 3.63) is 34.1 Å². The quantitative estimate of drug-likeness (QED) is 0.632. The van der Waals surface area contributed by atoms with E-state index in [1.807, 2.05) is 0 Å². The van der Waals surface area contributed by atoms with E-state index in [4.69, 9.17) is 0 Å². The minimum atomic E-state index is 0.419. The van der Waals surface area contributed by atoms with Gasteiger partial charge in [-0.2, -0.15) is 0 Å². The van der Waals surface area contributed by atoms with Crippen LogP contribution in [-0.4, -0.2) is 10.4 Å². The smallest absolute Gasteiger partial charge is 0.0481 e. The molecule has 0 aromatic carbocycles. The van der Waals surface area contributed by atoms with Crippen molar-refractivity contribution >= 4 is 15.9 Å². The van der Waals surface area contributed by atoms with Crippen LogP contribution in [0.3, 0.4) is 0 Å². The van der Waals surface area contributed by atoms with Crippen molar-refractivity contribution in [1.29, 1.82) is 0 Å². The molecular formula is C14H18BrN. The van der Waals surface area contributed by atoms with Gasteiger partial charge in [-0.3, -0.25) is 0 Å². The first-order valence-electron chi connectivity index (χ1n) is 6.27. The molecule has 16 heavy (non-hydrogen) atoms. The molecule has 2 heterocycles. The average molecular weight is 280 g/mol. The van der Waals surface area contributed by atoms with E-state index in [-0.39, 0.29) is 0 Å². The van der Waals surface area contributed by atoms with Crippen molar-refractivity contribution in [1.82, 2.24) is 4.90 Å². The van der Waals surface area contributed by atoms with Gasteiger partial charge in [0.2, 0.25) is 0 Å². The molecule has 3 aliphatic rings. The topological polar surface area (TPSA) is 3.24 Å². The fourth-order valence-corrected chi connectivity index (χ4v) is 3.94. The molecule has 0 radical (unpaired) electrons. The highest BCUT2D eigenvalue weighted by Gasteiger charge is 2.42. The highest BCUT2D eigenvalue weighted by Crippen LogP contribution is 2.47. The molecule has 1 saturated carbocycles. The summed E-state index contributed by atoms with van der Waals surface area (Å²) in [6.45, 7) is 2.22. The standard InChI is InChI=1S/C14H18BrN/c1-11-9-12(15)10-16-13(11)5-8-14(16)6-3-2-4-7-14/h5,9-10H,2-4,6-8H2,1H3. The lowest BCUT2D eigenvalue weighted by atomic mass is 9.79. The Balaban J connectivity index is 1.96. The Labute approximate surface area is 106 Å². The molecule has 2 aliphatic heterocycles. The highest BCUT2D eigenvalue weighted by molar-refractivity contribution is 9.11. The first-order chi connectivity index (χ1) is 7.71. The van der Waals surface area contributed by atoms with Gasteiger partial charge in [-0.1, -0.05) is 25.3 Å². The number of fused-ring (bicyclic) bond motifs is 2. The van der Waals surface area contributed by atoms with Gasteiger partial charge in [0.1, 0.15) is 0 Å². The summed E-state index contributed by atoms with van der Waals surface area (Å²) >= 11 is 3.63. The van der Waals surface area contributed by atoms with Crippen molar-refractivity contribution < 1.29 is 0 Å². The number of hydrogen-bond donors (Lipinski definition) is 0. The van der Waals surface area contributed by atoms with Gasteiger partial charge in [-0.25, -0.2) is 0 Å². The number of hydrogen-bond acceptors (Lipinski definition) is 1. The molecule has 2 heteroatoms. The zero-order valence-corrected chi connectivity index (χ0v) is 11.4. The molecule has 86 valence electrons. The predicted molar refractivity (Wildman–Crippen MR) is 71.1 cm³/mol. The van der Waals surface area contributed by atoms with E-state index in [9.17, 15) is 0 Å². The second-order valence-electron chi connectivity index (χ2n) is 5.29. The molecule has 1 fully saturated rings. The van der Waals surface area contributed by atoms with Crippen LogP contribution in [-0.2, 0) is 0 Å². The minimum absolute atomic E-state index is 0.419. The summed E-state index contributed by atoms with van der Waals surface area (Å²) in [5, 5.41) is 0. The number of rotatable bonds is 0. The molecule has 0 N–H and O–H groups in total. The van der Waals surface area contributed by atoms with Gasteiger partial charge in [0.15, 0.2) is 0 Å². The summed E-state index contributed by atoms with van der Waals surface area (Å²) in [5.41, 5.74) is 3.27. The Hall–Kier alpha value is -0.500. The van der Waals surface area contributed by atoms with Crippen LogP contribution in [0.15, 0.2) is 34.1 Å². The van der Waals surface area contributed by atoms with Crippen molar-refractivity contribution in [2.45, 2.75) is 51.0 Å². The van der Waals surface area contributed by atoms with E-state index < -0.39 is 0 Å². The van der Waals surface area contributed by atoms with Gasteiger partial charge >= 0.3 is 0 Å². The summed E-state index contributed by atoms with van der Waals surface area (Å²) in [6, 6.07) is 0. The molecule has 1 nitrogen and oxygen atoms in total. The van der Waals surface area contributed by atoms with Gasteiger partial charge < -0.3 is 4.90 Å². The number of allylic oxidation sites excluding steroid dienone is 3. The fourth-order valence-electron chi connectivity index (χ4n) is 3.39. The normalized spacial score (nSPS) is 27.4. The zero-order valence-electron chi connectivity index (χ0n) is 9.80. The molecule has 0 aromatic rings. The molecule has 0 amide bonds. The zero-order chi connectivity index (χ0) is 11.2. The Morgan fingerprint density at radius 1 is 1.25 bits per heavy atom. The van der Waals surface area contributed by atoms with E-state index in [1.54, 1.807) is 0 Å². The molecule has 0 atom stereocenters. The molecule has 1 spiro atoms. The van der Waals surface area contributed by atoms with Crippen LogP contribution in [0.4, 0.5) is 0 Å². The minimum Gasteiger partial charge on any atom is -0.340 e. The summed E-state index contributed by atoms with van der Waals surface area (Å²) in [4.78, 5) is 2.55. The van der Waals surface area contributed by atoms with E-state index >= 15 is 0 Å². The third-order valence-electron chi connectivity index (χ3n) is 4.24. The molecule has 1 aliphatic carbocycles. The van der Waals surface area contributed by atoms with E-state index in [0.29, 0.717) is 5.54 Å². The lowest BCUT2D eigenvalue weighted by Crippen LogP contribution is -2.43. The molecule has 0 saturated heterocycles. The van der Waals surface area contributed by atoms with Crippen LogP contribution in [0.1, 0.15) is 45.4 Å². The largest absolute Gasteiger partial charge is 0.340 e. The summed E-state index contributed by atoms with van der Waals surface area (Å²) < 4.78 is 1.22. The summed E-state index contributed by atoms with van der Waals surface area (Å²) in [5.74, 6) is 0. The van der Waals surface area contributed by atoms with Crippen molar-refractivity contribution in [3.63, 3.8) is 0 Å². The maximum Gasteiger partial charge on any atom is 0.0481 e. The molecule has 0 aromatic heterocycles. The van der Waals surface area contributed by atoms with Crippen LogP contribution < -0.4 is 0 Å².